The largest absolute Gasteiger partial charge is 0.322 e. The van der Waals surface area contributed by atoms with Crippen LogP contribution in [0.2, 0.25) is 0 Å². The predicted octanol–water partition coefficient (Wildman–Crippen LogP) is 3.95. The van der Waals surface area contributed by atoms with Crippen LogP contribution in [0.15, 0.2) is 54.9 Å². The number of hydrogen-bond acceptors (Lipinski definition) is 3. The fourth-order valence-electron chi connectivity index (χ4n) is 2.65. The Labute approximate surface area is 141 Å². The summed E-state index contributed by atoms with van der Waals surface area (Å²) in [7, 11) is 0. The summed E-state index contributed by atoms with van der Waals surface area (Å²) >= 11 is 0. The molecular formula is C19H20N4O. The van der Waals surface area contributed by atoms with Crippen LogP contribution in [-0.2, 0) is 0 Å². The van der Waals surface area contributed by atoms with Gasteiger partial charge < -0.3 is 5.32 Å². The van der Waals surface area contributed by atoms with Gasteiger partial charge in [-0.3, -0.25) is 4.79 Å². The zero-order valence-electron chi connectivity index (χ0n) is 14.0. The molecule has 24 heavy (non-hydrogen) atoms. The summed E-state index contributed by atoms with van der Waals surface area (Å²) < 4.78 is 1.67. The highest BCUT2D eigenvalue weighted by atomic mass is 16.1. The van der Waals surface area contributed by atoms with Crippen molar-refractivity contribution in [1.82, 2.24) is 14.8 Å². The summed E-state index contributed by atoms with van der Waals surface area (Å²) in [6.45, 7) is 6.08. The Kier molecular flexibility index (Phi) is 4.42. The second-order valence-electron chi connectivity index (χ2n) is 5.94. The van der Waals surface area contributed by atoms with Crippen LogP contribution < -0.4 is 5.32 Å². The zero-order chi connectivity index (χ0) is 17.1. The van der Waals surface area contributed by atoms with E-state index >= 15 is 0 Å². The second-order valence-corrected chi connectivity index (χ2v) is 5.94. The van der Waals surface area contributed by atoms with Gasteiger partial charge in [-0.1, -0.05) is 38.1 Å². The van der Waals surface area contributed by atoms with Gasteiger partial charge in [0.2, 0.25) is 0 Å². The monoisotopic (exact) mass is 320 g/mol. The molecule has 0 aliphatic heterocycles. The number of aromatic nitrogens is 3. The molecule has 0 unspecified atom stereocenters. The molecule has 0 fully saturated rings. The average molecular weight is 320 g/mol. The van der Waals surface area contributed by atoms with Crippen LogP contribution >= 0.6 is 0 Å². The van der Waals surface area contributed by atoms with Crippen LogP contribution in [0.4, 0.5) is 5.69 Å². The molecule has 0 saturated carbocycles. The van der Waals surface area contributed by atoms with Gasteiger partial charge in [0.15, 0.2) is 5.82 Å². The zero-order valence-corrected chi connectivity index (χ0v) is 14.0. The third kappa shape index (κ3) is 3.06. The third-order valence-electron chi connectivity index (χ3n) is 3.95. The van der Waals surface area contributed by atoms with Gasteiger partial charge in [0.05, 0.1) is 17.5 Å². The highest BCUT2D eigenvalue weighted by molar-refractivity contribution is 6.05. The van der Waals surface area contributed by atoms with E-state index < -0.39 is 0 Å². The van der Waals surface area contributed by atoms with Gasteiger partial charge in [-0.15, -0.1) is 0 Å². The van der Waals surface area contributed by atoms with Crippen LogP contribution in [0, 0.1) is 6.92 Å². The predicted molar refractivity (Wildman–Crippen MR) is 94.6 cm³/mol. The van der Waals surface area contributed by atoms with Gasteiger partial charge in [-0.25, -0.2) is 9.67 Å². The fourth-order valence-corrected chi connectivity index (χ4v) is 2.65. The van der Waals surface area contributed by atoms with E-state index in [-0.39, 0.29) is 5.91 Å². The summed E-state index contributed by atoms with van der Waals surface area (Å²) in [4.78, 5) is 16.9. The third-order valence-corrected chi connectivity index (χ3v) is 3.95. The smallest absolute Gasteiger partial charge is 0.259 e. The Balaban J connectivity index is 1.89. The van der Waals surface area contributed by atoms with Gasteiger partial charge in [0.1, 0.15) is 0 Å². The van der Waals surface area contributed by atoms with Gasteiger partial charge in [-0.2, -0.15) is 5.10 Å². The number of benzene rings is 1. The number of para-hydroxylation sites is 1. The molecule has 0 aliphatic rings. The number of carbonyl (C=O) groups excluding carboxylic acids is 1. The molecule has 122 valence electrons. The molecule has 2 heterocycles. The van der Waals surface area contributed by atoms with Crippen molar-refractivity contribution >= 4 is 11.6 Å². The van der Waals surface area contributed by atoms with E-state index in [0.717, 1.165) is 16.9 Å². The minimum absolute atomic E-state index is 0.164. The van der Waals surface area contributed by atoms with E-state index in [4.69, 9.17) is 0 Å². The maximum absolute atomic E-state index is 12.7. The van der Waals surface area contributed by atoms with E-state index in [2.05, 4.69) is 29.2 Å². The highest BCUT2D eigenvalue weighted by Crippen LogP contribution is 2.24. The number of anilines is 1. The second kappa shape index (κ2) is 6.66. The van der Waals surface area contributed by atoms with Crippen LogP contribution in [0.1, 0.15) is 41.4 Å². The molecule has 1 amide bonds. The van der Waals surface area contributed by atoms with Gasteiger partial charge >= 0.3 is 0 Å². The maximum Gasteiger partial charge on any atom is 0.259 e. The molecule has 0 bridgehead atoms. The number of hydrogen-bond donors (Lipinski definition) is 1. The first-order valence-electron chi connectivity index (χ1n) is 7.94. The Morgan fingerprint density at radius 1 is 1.12 bits per heavy atom. The van der Waals surface area contributed by atoms with E-state index in [1.54, 1.807) is 17.1 Å². The van der Waals surface area contributed by atoms with Crippen LogP contribution in [-0.4, -0.2) is 20.7 Å². The first-order chi connectivity index (χ1) is 11.6. The molecule has 5 nitrogen and oxygen atoms in total. The minimum atomic E-state index is -0.164. The molecule has 0 spiro atoms. The van der Waals surface area contributed by atoms with Crippen molar-refractivity contribution in [3.05, 3.63) is 71.7 Å². The quantitative estimate of drug-likeness (QED) is 0.792. The number of carbonyl (C=O) groups is 1. The van der Waals surface area contributed by atoms with Gasteiger partial charge in [-0.05, 0) is 36.6 Å². The highest BCUT2D eigenvalue weighted by Gasteiger charge is 2.17. The molecule has 1 N–H and O–H groups in total. The lowest BCUT2D eigenvalue weighted by molar-refractivity contribution is 0.102. The summed E-state index contributed by atoms with van der Waals surface area (Å²) in [6, 6.07) is 13.5. The lowest BCUT2D eigenvalue weighted by Gasteiger charge is -2.13. The van der Waals surface area contributed by atoms with Crippen LogP contribution in [0.5, 0.6) is 0 Å². The van der Waals surface area contributed by atoms with Crippen molar-refractivity contribution < 1.29 is 4.79 Å². The Morgan fingerprint density at radius 2 is 1.88 bits per heavy atom. The molecule has 3 rings (SSSR count). The molecule has 5 heteroatoms. The summed E-state index contributed by atoms with van der Waals surface area (Å²) in [5.74, 6) is 0.859. The normalized spacial score (nSPS) is 10.8. The van der Waals surface area contributed by atoms with Crippen LogP contribution in [0.3, 0.4) is 0 Å². The lowest BCUT2D eigenvalue weighted by atomic mass is 10.0. The number of pyridine rings is 1. The van der Waals surface area contributed by atoms with E-state index in [1.807, 2.05) is 49.4 Å². The van der Waals surface area contributed by atoms with Crippen molar-refractivity contribution in [3.8, 4) is 5.82 Å². The average Bonchev–Trinajstić information content (AvgIpc) is 2.97. The van der Waals surface area contributed by atoms with Crippen molar-refractivity contribution in [3.63, 3.8) is 0 Å². The minimum Gasteiger partial charge on any atom is -0.322 e. The van der Waals surface area contributed by atoms with E-state index in [0.29, 0.717) is 17.3 Å². The molecule has 0 atom stereocenters. The van der Waals surface area contributed by atoms with E-state index in [1.165, 1.54) is 0 Å². The van der Waals surface area contributed by atoms with Crippen molar-refractivity contribution in [2.45, 2.75) is 26.7 Å². The van der Waals surface area contributed by atoms with Crippen molar-refractivity contribution in [2.75, 3.05) is 5.32 Å². The molecule has 0 saturated heterocycles. The summed E-state index contributed by atoms with van der Waals surface area (Å²) in [6.07, 6.45) is 3.28. The molecule has 0 radical (unpaired) electrons. The Bertz CT molecular complexity index is 853. The molecule has 0 aliphatic carbocycles. The fraction of sp³-hybridized carbons (Fsp3) is 0.211. The topological polar surface area (TPSA) is 59.8 Å². The van der Waals surface area contributed by atoms with Gasteiger partial charge in [0.25, 0.3) is 5.91 Å². The maximum atomic E-state index is 12.7. The number of rotatable bonds is 4. The lowest BCUT2D eigenvalue weighted by Crippen LogP contribution is -2.14. The number of nitrogens with zero attached hydrogens (tertiary/aromatic N) is 3. The van der Waals surface area contributed by atoms with Crippen molar-refractivity contribution in [1.29, 1.82) is 0 Å². The molecule has 2 aromatic heterocycles. The SMILES string of the molecule is Cc1c(C(=O)Nc2ccccc2C(C)C)cnn1-c1ccccn1. The number of nitrogens with one attached hydrogen (secondary N) is 1. The van der Waals surface area contributed by atoms with Crippen LogP contribution in [0.25, 0.3) is 5.82 Å². The summed E-state index contributed by atoms with van der Waals surface area (Å²) in [5, 5.41) is 7.30. The first kappa shape index (κ1) is 15.9. The number of amides is 1. The van der Waals surface area contributed by atoms with Gasteiger partial charge in [0, 0.05) is 11.9 Å². The summed E-state index contributed by atoms with van der Waals surface area (Å²) in [5.41, 5.74) is 3.25. The van der Waals surface area contributed by atoms with Crippen molar-refractivity contribution in [2.24, 2.45) is 0 Å². The van der Waals surface area contributed by atoms with E-state index in [9.17, 15) is 4.79 Å². The molecule has 3 aromatic rings. The Hall–Kier alpha value is -2.95. The molecular weight excluding hydrogens is 300 g/mol. The Morgan fingerprint density at radius 3 is 2.58 bits per heavy atom. The standard InChI is InChI=1S/C19H20N4O/c1-13(2)15-8-4-5-9-17(15)22-19(24)16-12-21-23(14(16)3)18-10-6-7-11-20-18/h4-13H,1-3H3,(H,22,24). The first-order valence-corrected chi connectivity index (χ1v) is 7.94. The molecule has 1 aromatic carbocycles.